The Morgan fingerprint density at radius 2 is 1.26 bits per heavy atom. The van der Waals surface area contributed by atoms with Gasteiger partial charge in [-0.15, -0.1) is 0 Å². The van der Waals surface area contributed by atoms with Crippen molar-refractivity contribution in [3.8, 4) is 11.1 Å². The van der Waals surface area contributed by atoms with Crippen LogP contribution in [0.1, 0.15) is 77.9 Å². The molecule has 0 spiro atoms. The molecule has 54 heavy (non-hydrogen) atoms. The number of benzene rings is 5. The number of ether oxygens (including phenoxy) is 2. The van der Waals surface area contributed by atoms with Crippen molar-refractivity contribution in [1.29, 1.82) is 0 Å². The maximum Gasteiger partial charge on any atom is 0.243 e. The lowest BCUT2D eigenvalue weighted by Crippen LogP contribution is -2.39. The van der Waals surface area contributed by atoms with Crippen molar-refractivity contribution < 1.29 is 29.4 Å². The van der Waals surface area contributed by atoms with Gasteiger partial charge in [0.25, 0.3) is 0 Å². The first-order chi connectivity index (χ1) is 26.5. The molecule has 0 saturated carbocycles. The number of unbranched alkanes of at least 4 members (excludes halogenated alkanes) is 1. The highest BCUT2D eigenvalue weighted by Gasteiger charge is 2.33. The van der Waals surface area contributed by atoms with Crippen LogP contribution in [-0.4, -0.2) is 39.7 Å². The van der Waals surface area contributed by atoms with Crippen molar-refractivity contribution in [1.82, 2.24) is 15.7 Å². The van der Waals surface area contributed by atoms with Gasteiger partial charge in [-0.05, 0) is 51.8 Å². The van der Waals surface area contributed by atoms with E-state index >= 15 is 0 Å². The molecule has 0 radical (unpaired) electrons. The third-order valence-electron chi connectivity index (χ3n) is 9.74. The Morgan fingerprint density at radius 1 is 0.667 bits per heavy atom. The van der Waals surface area contributed by atoms with E-state index in [4.69, 9.17) is 14.7 Å². The molecule has 1 aliphatic heterocycles. The van der Waals surface area contributed by atoms with E-state index < -0.39 is 12.2 Å². The maximum atomic E-state index is 12.5. The zero-order valence-corrected chi connectivity index (χ0v) is 30.5. The number of hydrogen-bond donors (Lipinski definition) is 4. The fraction of sp³-hybridized carbons (Fsp3) is 0.289. The summed E-state index contributed by atoms with van der Waals surface area (Å²) in [6.45, 7) is 2.65. The monoisotopic (exact) mass is 727 g/mol. The highest BCUT2D eigenvalue weighted by Crippen LogP contribution is 2.39. The van der Waals surface area contributed by atoms with Gasteiger partial charge in [0, 0.05) is 51.0 Å². The van der Waals surface area contributed by atoms with E-state index in [1.165, 1.54) is 11.1 Å². The van der Waals surface area contributed by atoms with Gasteiger partial charge in [-0.2, -0.15) is 0 Å². The summed E-state index contributed by atoms with van der Waals surface area (Å²) in [6, 6.07) is 45.3. The molecule has 0 aliphatic carbocycles. The van der Waals surface area contributed by atoms with E-state index in [9.17, 15) is 14.7 Å². The average Bonchev–Trinajstić information content (AvgIpc) is 3.22. The molecule has 6 rings (SSSR count). The largest absolute Gasteiger partial charge is 0.392 e. The Morgan fingerprint density at radius 3 is 1.89 bits per heavy atom. The molecule has 5 aromatic carbocycles. The molecule has 9 heteroatoms. The van der Waals surface area contributed by atoms with Gasteiger partial charge in [-0.3, -0.25) is 19.7 Å². The van der Waals surface area contributed by atoms with Gasteiger partial charge >= 0.3 is 0 Å². The Bertz CT molecular complexity index is 1860. The lowest BCUT2D eigenvalue weighted by atomic mass is 9.97. The molecule has 4 N–H and O–H groups in total. The fourth-order valence-corrected chi connectivity index (χ4v) is 6.87. The van der Waals surface area contributed by atoms with Crippen LogP contribution in [0.3, 0.4) is 0 Å². The zero-order chi connectivity index (χ0) is 37.5. The molecule has 3 atom stereocenters. The van der Waals surface area contributed by atoms with Crippen molar-refractivity contribution in [3.05, 3.63) is 167 Å². The normalized spacial score (nSPS) is 16.9. The van der Waals surface area contributed by atoms with Crippen molar-refractivity contribution in [2.75, 3.05) is 6.54 Å². The van der Waals surface area contributed by atoms with Crippen LogP contribution in [-0.2, 0) is 45.3 Å². The molecule has 0 unspecified atom stereocenters. The smallest absolute Gasteiger partial charge is 0.243 e. The Hall–Kier alpha value is -5.16. The number of carbonyl (C=O) groups excluding carboxylic acids is 2. The van der Waals surface area contributed by atoms with Crippen molar-refractivity contribution in [2.24, 2.45) is 0 Å². The summed E-state index contributed by atoms with van der Waals surface area (Å²) in [4.78, 5) is 26.2. The molecule has 280 valence electrons. The molecule has 2 amide bonds. The Kier molecular flexibility index (Phi) is 14.1. The van der Waals surface area contributed by atoms with Crippen LogP contribution in [0.4, 0.5) is 0 Å². The third-order valence-corrected chi connectivity index (χ3v) is 9.74. The summed E-state index contributed by atoms with van der Waals surface area (Å²) in [5.41, 5.74) is 9.95. The zero-order valence-electron chi connectivity index (χ0n) is 30.5. The van der Waals surface area contributed by atoms with Crippen molar-refractivity contribution in [2.45, 2.75) is 76.8 Å². The van der Waals surface area contributed by atoms with Crippen LogP contribution in [0.2, 0.25) is 0 Å². The minimum atomic E-state index is -0.589. The van der Waals surface area contributed by atoms with Crippen LogP contribution >= 0.6 is 0 Å². The molecular weight excluding hydrogens is 679 g/mol. The number of amides is 2. The number of rotatable bonds is 17. The van der Waals surface area contributed by atoms with E-state index in [2.05, 4.69) is 83.0 Å². The Labute approximate surface area is 317 Å². The van der Waals surface area contributed by atoms with E-state index in [1.54, 1.807) is 5.48 Å². The first-order valence-electron chi connectivity index (χ1n) is 18.7. The second kappa shape index (κ2) is 19.8. The minimum Gasteiger partial charge on any atom is -0.392 e. The first-order valence-corrected chi connectivity index (χ1v) is 18.7. The number of aliphatic hydroxyl groups excluding tert-OH is 1. The molecule has 1 fully saturated rings. The van der Waals surface area contributed by atoms with Gasteiger partial charge in [0.15, 0.2) is 6.29 Å². The molecule has 1 saturated heterocycles. The molecule has 1 aliphatic rings. The summed E-state index contributed by atoms with van der Waals surface area (Å²) in [7, 11) is 0. The SMILES string of the molecule is O=C(CCCCC(=O)NCc1ccccc1-c1ccc([C@@H]2O[C@H](CN(Cc3ccccc3)Cc3ccccc3)C[C@H](c3ccc(CO)cc3)O2)cc1)NO. The quantitative estimate of drug-likeness (QED) is 0.0439. The van der Waals surface area contributed by atoms with Gasteiger partial charge in [-0.1, -0.05) is 133 Å². The average molecular weight is 728 g/mol. The van der Waals surface area contributed by atoms with E-state index in [0.29, 0.717) is 38.8 Å². The van der Waals surface area contributed by atoms with Crippen LogP contribution < -0.4 is 10.8 Å². The lowest BCUT2D eigenvalue weighted by molar-refractivity contribution is -0.253. The van der Waals surface area contributed by atoms with Gasteiger partial charge in [0.1, 0.15) is 0 Å². The third kappa shape index (κ3) is 11.2. The molecule has 9 nitrogen and oxygen atoms in total. The first kappa shape index (κ1) is 38.6. The van der Waals surface area contributed by atoms with Crippen molar-refractivity contribution in [3.63, 3.8) is 0 Å². The summed E-state index contributed by atoms with van der Waals surface area (Å²) < 4.78 is 13.5. The molecule has 0 aromatic heterocycles. The van der Waals surface area contributed by atoms with Gasteiger partial charge in [0.05, 0.1) is 18.8 Å². The van der Waals surface area contributed by atoms with Gasteiger partial charge in [-0.25, -0.2) is 5.48 Å². The summed E-state index contributed by atoms with van der Waals surface area (Å²) in [5, 5.41) is 21.3. The van der Waals surface area contributed by atoms with Crippen LogP contribution in [0.5, 0.6) is 0 Å². The number of hydroxylamine groups is 1. The number of nitrogens with zero attached hydrogens (tertiary/aromatic N) is 1. The van der Waals surface area contributed by atoms with Gasteiger partial charge < -0.3 is 19.9 Å². The summed E-state index contributed by atoms with van der Waals surface area (Å²) in [6.07, 6.45) is 1.34. The van der Waals surface area contributed by atoms with Crippen molar-refractivity contribution >= 4 is 11.8 Å². The summed E-state index contributed by atoms with van der Waals surface area (Å²) >= 11 is 0. The predicted molar refractivity (Wildman–Crippen MR) is 208 cm³/mol. The van der Waals surface area contributed by atoms with Crippen LogP contribution in [0, 0.1) is 0 Å². The highest BCUT2D eigenvalue weighted by molar-refractivity contribution is 5.77. The molecular formula is C45H49N3O6. The second-order valence-corrected chi connectivity index (χ2v) is 13.8. The number of carbonyl (C=O) groups is 2. The number of aliphatic hydroxyl groups is 1. The van der Waals surface area contributed by atoms with Crippen LogP contribution in [0.15, 0.2) is 133 Å². The van der Waals surface area contributed by atoms with E-state index in [-0.39, 0.29) is 31.1 Å². The maximum absolute atomic E-state index is 12.5. The summed E-state index contributed by atoms with van der Waals surface area (Å²) in [5.74, 6) is -0.535. The molecule has 0 bridgehead atoms. The van der Waals surface area contributed by atoms with Gasteiger partial charge in [0.2, 0.25) is 11.8 Å². The highest BCUT2D eigenvalue weighted by atomic mass is 16.7. The fourth-order valence-electron chi connectivity index (χ4n) is 6.87. The predicted octanol–water partition coefficient (Wildman–Crippen LogP) is 7.78. The van der Waals surface area contributed by atoms with Crippen LogP contribution in [0.25, 0.3) is 11.1 Å². The molecule has 1 heterocycles. The number of nitrogens with one attached hydrogen (secondary N) is 2. The number of hydrogen-bond acceptors (Lipinski definition) is 7. The lowest BCUT2D eigenvalue weighted by Gasteiger charge is -2.38. The topological polar surface area (TPSA) is 120 Å². The standard InChI is InChI=1S/C45H49N3O6/c49-32-35-19-21-37(22-20-35)42-27-40(31-48(29-33-11-3-1-4-12-33)30-34-13-5-2-6-14-34)53-45(54-42)38-25-23-36(24-26-38)41-16-8-7-15-39(41)28-46-43(50)17-9-10-18-44(51)47-52/h1-8,11-16,19-26,40,42,45,49,52H,9-10,17-18,27-32H2,(H,46,50)(H,47,51)/t40-,42+,45+/m0/s1. The van der Waals surface area contributed by atoms with E-state index in [0.717, 1.165) is 46.5 Å². The minimum absolute atomic E-state index is 0.0106. The second-order valence-electron chi connectivity index (χ2n) is 13.8. The molecule has 5 aromatic rings. The Balaban J connectivity index is 1.17. The van der Waals surface area contributed by atoms with E-state index in [1.807, 2.05) is 60.7 Å².